The normalized spacial score (nSPS) is 17.9. The molecule has 104 valence electrons. The summed E-state index contributed by atoms with van der Waals surface area (Å²) < 4.78 is 0. The molecule has 3 N–H and O–H groups in total. The van der Waals surface area contributed by atoms with Gasteiger partial charge >= 0.3 is 0 Å². The number of nitrogens with zero attached hydrogens (tertiary/aromatic N) is 2. The first-order valence-corrected chi connectivity index (χ1v) is 6.76. The van der Waals surface area contributed by atoms with Gasteiger partial charge in [0.25, 0.3) is 0 Å². The maximum atomic E-state index is 11.3. The molecule has 1 fully saturated rings. The van der Waals surface area contributed by atoms with Crippen molar-refractivity contribution in [1.82, 2.24) is 15.2 Å². The fourth-order valence-corrected chi connectivity index (χ4v) is 2.43. The maximum absolute atomic E-state index is 11.3. The lowest BCUT2D eigenvalue weighted by molar-refractivity contribution is -0.122. The van der Waals surface area contributed by atoms with Crippen LogP contribution in [0.5, 0.6) is 0 Å². The maximum Gasteiger partial charge on any atom is 0.248 e. The molecule has 1 saturated heterocycles. The number of benzene rings is 1. The first-order valence-electron chi connectivity index (χ1n) is 6.76. The standard InChI is InChI=1S/C14H22N4O/c15-16-14(19)12-18-8-4-7-17(9-10-18)11-13-5-2-1-3-6-13/h1-3,5-6H,4,7-12,15H2,(H,16,19). The first-order chi connectivity index (χ1) is 9.28. The Bertz CT molecular complexity index is 396. The Kier molecular flexibility index (Phi) is 5.32. The second-order valence-electron chi connectivity index (χ2n) is 4.96. The van der Waals surface area contributed by atoms with Gasteiger partial charge in [-0.3, -0.25) is 20.0 Å². The molecule has 0 saturated carbocycles. The van der Waals surface area contributed by atoms with E-state index >= 15 is 0 Å². The van der Waals surface area contributed by atoms with Crippen LogP contribution in [-0.2, 0) is 11.3 Å². The topological polar surface area (TPSA) is 61.6 Å². The Morgan fingerprint density at radius 2 is 1.79 bits per heavy atom. The fraction of sp³-hybridized carbons (Fsp3) is 0.500. The number of rotatable bonds is 4. The van der Waals surface area contributed by atoms with E-state index in [2.05, 4.69) is 39.5 Å². The third kappa shape index (κ3) is 4.63. The molecule has 1 heterocycles. The zero-order valence-electron chi connectivity index (χ0n) is 11.2. The summed E-state index contributed by atoms with van der Waals surface area (Å²) in [4.78, 5) is 15.9. The zero-order chi connectivity index (χ0) is 13.5. The highest BCUT2D eigenvalue weighted by Crippen LogP contribution is 2.08. The number of hydrazine groups is 1. The van der Waals surface area contributed by atoms with E-state index < -0.39 is 0 Å². The Morgan fingerprint density at radius 3 is 2.53 bits per heavy atom. The van der Waals surface area contributed by atoms with Gasteiger partial charge in [-0.15, -0.1) is 0 Å². The summed E-state index contributed by atoms with van der Waals surface area (Å²) >= 11 is 0. The van der Waals surface area contributed by atoms with Gasteiger partial charge in [-0.25, -0.2) is 5.84 Å². The van der Waals surface area contributed by atoms with Crippen LogP contribution in [0.1, 0.15) is 12.0 Å². The van der Waals surface area contributed by atoms with Gasteiger partial charge in [-0.05, 0) is 25.1 Å². The summed E-state index contributed by atoms with van der Waals surface area (Å²) in [7, 11) is 0. The Balaban J connectivity index is 1.81. The molecule has 2 rings (SSSR count). The van der Waals surface area contributed by atoms with E-state index in [1.807, 2.05) is 6.07 Å². The van der Waals surface area contributed by atoms with Crippen molar-refractivity contribution >= 4 is 5.91 Å². The molecule has 0 bridgehead atoms. The highest BCUT2D eigenvalue weighted by Gasteiger charge is 2.16. The SMILES string of the molecule is NNC(=O)CN1CCCN(Cc2ccccc2)CC1. The average Bonchev–Trinajstić information content (AvgIpc) is 2.65. The van der Waals surface area contributed by atoms with E-state index in [0.717, 1.165) is 39.1 Å². The van der Waals surface area contributed by atoms with E-state index in [9.17, 15) is 4.79 Å². The largest absolute Gasteiger partial charge is 0.298 e. The van der Waals surface area contributed by atoms with Gasteiger partial charge in [0.05, 0.1) is 6.54 Å². The number of hydrogen-bond donors (Lipinski definition) is 2. The van der Waals surface area contributed by atoms with Crippen LogP contribution in [0.2, 0.25) is 0 Å². The number of carbonyl (C=O) groups excluding carboxylic acids is 1. The smallest absolute Gasteiger partial charge is 0.248 e. The summed E-state index contributed by atoms with van der Waals surface area (Å²) in [6.45, 7) is 5.33. The lowest BCUT2D eigenvalue weighted by Crippen LogP contribution is -2.41. The Hall–Kier alpha value is -1.43. The Labute approximate surface area is 114 Å². The molecule has 0 radical (unpaired) electrons. The van der Waals surface area contributed by atoms with Crippen LogP contribution in [0.4, 0.5) is 0 Å². The van der Waals surface area contributed by atoms with Crippen molar-refractivity contribution in [3.05, 3.63) is 35.9 Å². The van der Waals surface area contributed by atoms with E-state index in [0.29, 0.717) is 6.54 Å². The Morgan fingerprint density at radius 1 is 1.11 bits per heavy atom. The van der Waals surface area contributed by atoms with Gasteiger partial charge in [0.1, 0.15) is 0 Å². The highest BCUT2D eigenvalue weighted by atomic mass is 16.2. The molecule has 5 nitrogen and oxygen atoms in total. The molecule has 1 amide bonds. The number of hydrogen-bond acceptors (Lipinski definition) is 4. The van der Waals surface area contributed by atoms with Gasteiger partial charge < -0.3 is 0 Å². The molecule has 0 aromatic heterocycles. The minimum atomic E-state index is -0.114. The van der Waals surface area contributed by atoms with Crippen molar-refractivity contribution < 1.29 is 4.79 Å². The van der Waals surface area contributed by atoms with Gasteiger partial charge in [0, 0.05) is 19.6 Å². The highest BCUT2D eigenvalue weighted by molar-refractivity contribution is 5.77. The van der Waals surface area contributed by atoms with Crippen LogP contribution in [0.3, 0.4) is 0 Å². The van der Waals surface area contributed by atoms with Crippen LogP contribution in [-0.4, -0.2) is 48.4 Å². The lowest BCUT2D eigenvalue weighted by Gasteiger charge is -2.21. The summed E-state index contributed by atoms with van der Waals surface area (Å²) in [5.41, 5.74) is 3.53. The second kappa shape index (κ2) is 7.23. The molecular formula is C14H22N4O. The van der Waals surface area contributed by atoms with E-state index in [4.69, 9.17) is 5.84 Å². The number of carbonyl (C=O) groups is 1. The van der Waals surface area contributed by atoms with Crippen molar-refractivity contribution in [2.24, 2.45) is 5.84 Å². The van der Waals surface area contributed by atoms with Crippen molar-refractivity contribution in [2.75, 3.05) is 32.7 Å². The molecule has 1 aromatic rings. The van der Waals surface area contributed by atoms with Gasteiger partial charge in [-0.2, -0.15) is 0 Å². The quantitative estimate of drug-likeness (QED) is 0.462. The predicted molar refractivity (Wildman–Crippen MR) is 75.1 cm³/mol. The van der Waals surface area contributed by atoms with E-state index in [-0.39, 0.29) is 5.91 Å². The van der Waals surface area contributed by atoms with Crippen LogP contribution in [0, 0.1) is 0 Å². The van der Waals surface area contributed by atoms with E-state index in [1.165, 1.54) is 5.56 Å². The molecular weight excluding hydrogens is 240 g/mol. The van der Waals surface area contributed by atoms with Gasteiger partial charge in [0.2, 0.25) is 5.91 Å². The molecule has 0 spiro atoms. The third-order valence-electron chi connectivity index (χ3n) is 3.46. The third-order valence-corrected chi connectivity index (χ3v) is 3.46. The second-order valence-corrected chi connectivity index (χ2v) is 4.96. The molecule has 0 aliphatic carbocycles. The molecule has 5 heteroatoms. The monoisotopic (exact) mass is 262 g/mol. The molecule has 0 unspecified atom stereocenters. The molecule has 1 aromatic carbocycles. The summed E-state index contributed by atoms with van der Waals surface area (Å²) in [6.07, 6.45) is 1.09. The van der Waals surface area contributed by atoms with Crippen LogP contribution < -0.4 is 11.3 Å². The predicted octanol–water partition coefficient (Wildman–Crippen LogP) is 0.184. The van der Waals surface area contributed by atoms with Crippen molar-refractivity contribution in [3.63, 3.8) is 0 Å². The average molecular weight is 262 g/mol. The van der Waals surface area contributed by atoms with Gasteiger partial charge in [0.15, 0.2) is 0 Å². The minimum Gasteiger partial charge on any atom is -0.298 e. The van der Waals surface area contributed by atoms with Crippen molar-refractivity contribution in [3.8, 4) is 0 Å². The summed E-state index contributed by atoms with van der Waals surface area (Å²) in [5.74, 6) is 5.01. The number of nitrogens with one attached hydrogen (secondary N) is 1. The number of amides is 1. The fourth-order valence-electron chi connectivity index (χ4n) is 2.43. The minimum absolute atomic E-state index is 0.114. The van der Waals surface area contributed by atoms with Crippen molar-refractivity contribution in [2.45, 2.75) is 13.0 Å². The van der Waals surface area contributed by atoms with E-state index in [1.54, 1.807) is 0 Å². The van der Waals surface area contributed by atoms with Gasteiger partial charge in [-0.1, -0.05) is 30.3 Å². The van der Waals surface area contributed by atoms with Crippen LogP contribution in [0.25, 0.3) is 0 Å². The van der Waals surface area contributed by atoms with Crippen LogP contribution >= 0.6 is 0 Å². The first kappa shape index (κ1) is 14.0. The zero-order valence-corrected chi connectivity index (χ0v) is 11.2. The number of nitrogens with two attached hydrogens (primary N) is 1. The van der Waals surface area contributed by atoms with Crippen molar-refractivity contribution in [1.29, 1.82) is 0 Å². The summed E-state index contributed by atoms with van der Waals surface area (Å²) in [6, 6.07) is 10.5. The summed E-state index contributed by atoms with van der Waals surface area (Å²) in [5, 5.41) is 0. The molecule has 0 atom stereocenters. The lowest BCUT2D eigenvalue weighted by atomic mass is 10.2. The molecule has 1 aliphatic rings. The van der Waals surface area contributed by atoms with Crippen LogP contribution in [0.15, 0.2) is 30.3 Å². The molecule has 1 aliphatic heterocycles. The molecule has 19 heavy (non-hydrogen) atoms.